The predicted octanol–water partition coefficient (Wildman–Crippen LogP) is 3.92. The summed E-state index contributed by atoms with van der Waals surface area (Å²) in [6, 6.07) is 4.81. The largest absolute Gasteiger partial charge is 0.381 e. The minimum atomic E-state index is 0.502. The average molecular weight is 261 g/mol. The Morgan fingerprint density at radius 1 is 1.16 bits per heavy atom. The van der Waals surface area contributed by atoms with Crippen LogP contribution in [-0.4, -0.2) is 24.1 Å². The Morgan fingerprint density at radius 3 is 2.47 bits per heavy atom. The maximum atomic E-state index is 4.60. The van der Waals surface area contributed by atoms with Gasteiger partial charge in [-0.05, 0) is 50.7 Å². The van der Waals surface area contributed by atoms with E-state index in [1.807, 2.05) is 6.20 Å². The van der Waals surface area contributed by atoms with E-state index in [9.17, 15) is 0 Å². The van der Waals surface area contributed by atoms with Gasteiger partial charge in [-0.15, -0.1) is 0 Å². The first-order chi connectivity index (χ1) is 9.15. The highest BCUT2D eigenvalue weighted by Crippen LogP contribution is 2.19. The quantitative estimate of drug-likeness (QED) is 0.870. The monoisotopic (exact) mass is 261 g/mol. The van der Waals surface area contributed by atoms with Crippen LogP contribution >= 0.6 is 0 Å². The van der Waals surface area contributed by atoms with Crippen LogP contribution < -0.4 is 10.2 Å². The highest BCUT2D eigenvalue weighted by atomic mass is 15.2. The number of hydrogen-bond acceptors (Lipinski definition) is 3. The molecule has 0 saturated carbocycles. The molecule has 1 fully saturated rings. The molecule has 0 radical (unpaired) electrons. The molecule has 1 aromatic rings. The van der Waals surface area contributed by atoms with Gasteiger partial charge in [0.25, 0.3) is 0 Å². The third-order valence-electron chi connectivity index (χ3n) is 3.67. The van der Waals surface area contributed by atoms with Crippen molar-refractivity contribution in [2.24, 2.45) is 5.92 Å². The molecule has 0 bridgehead atoms. The summed E-state index contributed by atoms with van der Waals surface area (Å²) in [5.74, 6) is 1.85. The van der Waals surface area contributed by atoms with E-state index < -0.39 is 0 Å². The van der Waals surface area contributed by atoms with Crippen molar-refractivity contribution in [1.82, 2.24) is 4.98 Å². The van der Waals surface area contributed by atoms with Crippen molar-refractivity contribution in [2.45, 2.75) is 52.5 Å². The smallest absolute Gasteiger partial charge is 0.128 e. The number of aromatic nitrogens is 1. The number of piperidine rings is 1. The Hall–Kier alpha value is -1.25. The van der Waals surface area contributed by atoms with E-state index in [4.69, 9.17) is 0 Å². The van der Waals surface area contributed by atoms with Crippen molar-refractivity contribution in [3.05, 3.63) is 18.3 Å². The van der Waals surface area contributed by atoms with Crippen LogP contribution in [0.25, 0.3) is 0 Å². The predicted molar refractivity (Wildman–Crippen MR) is 82.8 cm³/mol. The Balaban J connectivity index is 1.90. The molecular formula is C16H27N3. The molecule has 1 unspecified atom stereocenters. The highest BCUT2D eigenvalue weighted by molar-refractivity contribution is 5.49. The molecule has 0 aliphatic carbocycles. The van der Waals surface area contributed by atoms with Crippen LogP contribution in [0.3, 0.4) is 0 Å². The molecule has 1 atom stereocenters. The summed E-state index contributed by atoms with van der Waals surface area (Å²) in [6.07, 6.45) is 7.12. The third kappa shape index (κ3) is 4.41. The van der Waals surface area contributed by atoms with Gasteiger partial charge >= 0.3 is 0 Å². The van der Waals surface area contributed by atoms with E-state index in [0.29, 0.717) is 6.04 Å². The topological polar surface area (TPSA) is 28.2 Å². The number of pyridine rings is 1. The van der Waals surface area contributed by atoms with E-state index in [-0.39, 0.29) is 0 Å². The SMILES string of the molecule is CC(C)CC(C)Nc1ccc(N2CCCCC2)nc1. The van der Waals surface area contributed by atoms with Gasteiger partial charge in [-0.1, -0.05) is 13.8 Å². The van der Waals surface area contributed by atoms with Gasteiger partial charge in [0.2, 0.25) is 0 Å². The van der Waals surface area contributed by atoms with Crippen LogP contribution in [0, 0.1) is 5.92 Å². The molecule has 1 aliphatic heterocycles. The summed E-state index contributed by atoms with van der Waals surface area (Å²) in [4.78, 5) is 6.99. The molecule has 106 valence electrons. The molecule has 3 heteroatoms. The number of hydrogen-bond donors (Lipinski definition) is 1. The van der Waals surface area contributed by atoms with Gasteiger partial charge in [-0.25, -0.2) is 4.98 Å². The first-order valence-electron chi connectivity index (χ1n) is 7.62. The molecule has 2 rings (SSSR count). The fourth-order valence-corrected chi connectivity index (χ4v) is 2.83. The molecule has 1 saturated heterocycles. The molecule has 1 N–H and O–H groups in total. The number of rotatable bonds is 5. The van der Waals surface area contributed by atoms with Crippen molar-refractivity contribution in [1.29, 1.82) is 0 Å². The average Bonchev–Trinajstić information content (AvgIpc) is 2.39. The van der Waals surface area contributed by atoms with Gasteiger partial charge in [0.1, 0.15) is 5.82 Å². The van der Waals surface area contributed by atoms with Gasteiger partial charge < -0.3 is 10.2 Å². The van der Waals surface area contributed by atoms with Crippen molar-refractivity contribution in [3.63, 3.8) is 0 Å². The maximum absolute atomic E-state index is 4.60. The first kappa shape index (κ1) is 14.2. The fraction of sp³-hybridized carbons (Fsp3) is 0.688. The van der Waals surface area contributed by atoms with Crippen molar-refractivity contribution in [3.8, 4) is 0 Å². The maximum Gasteiger partial charge on any atom is 0.128 e. The van der Waals surface area contributed by atoms with Crippen LogP contribution in [0.15, 0.2) is 18.3 Å². The summed E-state index contributed by atoms with van der Waals surface area (Å²) in [5, 5.41) is 3.52. The molecule has 2 heterocycles. The van der Waals surface area contributed by atoms with Crippen molar-refractivity contribution < 1.29 is 0 Å². The Bertz CT molecular complexity index is 366. The lowest BCUT2D eigenvalue weighted by Gasteiger charge is -2.27. The van der Waals surface area contributed by atoms with Crippen LogP contribution in [0.1, 0.15) is 46.5 Å². The summed E-state index contributed by atoms with van der Waals surface area (Å²) < 4.78 is 0. The van der Waals surface area contributed by atoms with Crippen LogP contribution in [0.5, 0.6) is 0 Å². The van der Waals surface area contributed by atoms with E-state index in [1.165, 1.54) is 25.7 Å². The van der Waals surface area contributed by atoms with Gasteiger partial charge in [0.15, 0.2) is 0 Å². The molecule has 1 aromatic heterocycles. The number of nitrogens with zero attached hydrogens (tertiary/aromatic N) is 2. The zero-order valence-electron chi connectivity index (χ0n) is 12.5. The van der Waals surface area contributed by atoms with E-state index in [0.717, 1.165) is 30.5 Å². The minimum Gasteiger partial charge on any atom is -0.381 e. The normalized spacial score (nSPS) is 17.6. The summed E-state index contributed by atoms with van der Waals surface area (Å²) >= 11 is 0. The molecule has 19 heavy (non-hydrogen) atoms. The molecule has 1 aliphatic rings. The Kier molecular flexibility index (Phi) is 5.06. The zero-order chi connectivity index (χ0) is 13.7. The lowest BCUT2D eigenvalue weighted by Crippen LogP contribution is -2.30. The number of anilines is 2. The summed E-state index contributed by atoms with van der Waals surface area (Å²) in [6.45, 7) is 9.07. The van der Waals surface area contributed by atoms with Crippen molar-refractivity contribution >= 4 is 11.5 Å². The second kappa shape index (κ2) is 6.78. The molecular weight excluding hydrogens is 234 g/mol. The van der Waals surface area contributed by atoms with E-state index >= 15 is 0 Å². The van der Waals surface area contributed by atoms with Gasteiger partial charge in [0.05, 0.1) is 11.9 Å². The number of nitrogens with one attached hydrogen (secondary N) is 1. The minimum absolute atomic E-state index is 0.502. The van der Waals surface area contributed by atoms with Crippen LogP contribution in [0.4, 0.5) is 11.5 Å². The molecule has 0 amide bonds. The Morgan fingerprint density at radius 2 is 1.89 bits per heavy atom. The van der Waals surface area contributed by atoms with Gasteiger partial charge in [-0.3, -0.25) is 0 Å². The van der Waals surface area contributed by atoms with Crippen LogP contribution in [0.2, 0.25) is 0 Å². The molecule has 0 spiro atoms. The summed E-state index contributed by atoms with van der Waals surface area (Å²) in [7, 11) is 0. The highest BCUT2D eigenvalue weighted by Gasteiger charge is 2.12. The van der Waals surface area contributed by atoms with E-state index in [1.54, 1.807) is 0 Å². The Labute approximate surface area is 117 Å². The van der Waals surface area contributed by atoms with Gasteiger partial charge in [-0.2, -0.15) is 0 Å². The second-order valence-electron chi connectivity index (χ2n) is 6.13. The third-order valence-corrected chi connectivity index (χ3v) is 3.67. The molecule has 0 aromatic carbocycles. The van der Waals surface area contributed by atoms with Gasteiger partial charge in [0, 0.05) is 19.1 Å². The fourth-order valence-electron chi connectivity index (χ4n) is 2.83. The standard InChI is InChI=1S/C16H27N3/c1-13(2)11-14(3)18-15-7-8-16(17-12-15)19-9-5-4-6-10-19/h7-8,12-14,18H,4-6,9-11H2,1-3H3. The zero-order valence-corrected chi connectivity index (χ0v) is 12.5. The summed E-state index contributed by atoms with van der Waals surface area (Å²) in [5.41, 5.74) is 1.13. The first-order valence-corrected chi connectivity index (χ1v) is 7.62. The lowest BCUT2D eigenvalue weighted by molar-refractivity contribution is 0.539. The van der Waals surface area contributed by atoms with Crippen LogP contribution in [-0.2, 0) is 0 Å². The molecule has 3 nitrogen and oxygen atoms in total. The van der Waals surface area contributed by atoms with E-state index in [2.05, 4.69) is 48.1 Å². The van der Waals surface area contributed by atoms with Crippen molar-refractivity contribution in [2.75, 3.05) is 23.3 Å². The second-order valence-corrected chi connectivity index (χ2v) is 6.13. The lowest BCUT2D eigenvalue weighted by atomic mass is 10.1.